The van der Waals surface area contributed by atoms with Gasteiger partial charge >= 0.3 is 0 Å². The van der Waals surface area contributed by atoms with Gasteiger partial charge in [0.15, 0.2) is 6.23 Å². The number of hydrogen-bond donors (Lipinski definition) is 1. The Labute approximate surface area is 140 Å². The third kappa shape index (κ3) is 3.15. The van der Waals surface area contributed by atoms with Crippen LogP contribution < -0.4 is 9.46 Å². The van der Waals surface area contributed by atoms with Crippen molar-refractivity contribution < 1.29 is 13.2 Å². The van der Waals surface area contributed by atoms with Crippen LogP contribution in [0.1, 0.15) is 11.1 Å². The summed E-state index contributed by atoms with van der Waals surface area (Å²) >= 11 is 1.60. The van der Waals surface area contributed by atoms with Crippen molar-refractivity contribution in [3.05, 3.63) is 60.2 Å². The summed E-state index contributed by atoms with van der Waals surface area (Å²) in [7, 11) is -3.67. The number of sulfonamides is 1. The lowest BCUT2D eigenvalue weighted by Crippen LogP contribution is -2.37. The first-order valence-electron chi connectivity index (χ1n) is 7.03. The highest BCUT2D eigenvalue weighted by atomic mass is 32.2. The van der Waals surface area contributed by atoms with Gasteiger partial charge in [-0.15, -0.1) is 11.8 Å². The second-order valence-electron chi connectivity index (χ2n) is 5.32. The molecule has 2 aromatic carbocycles. The van der Waals surface area contributed by atoms with Gasteiger partial charge in [-0.1, -0.05) is 24.3 Å². The first kappa shape index (κ1) is 16.1. The fourth-order valence-electron chi connectivity index (χ4n) is 2.35. The van der Waals surface area contributed by atoms with Crippen molar-refractivity contribution in [1.82, 2.24) is 4.72 Å². The van der Waals surface area contributed by atoms with Crippen molar-refractivity contribution in [1.29, 1.82) is 0 Å². The van der Waals surface area contributed by atoms with E-state index in [1.165, 1.54) is 0 Å². The van der Waals surface area contributed by atoms with Crippen molar-refractivity contribution in [3.8, 4) is 5.75 Å². The molecule has 0 fully saturated rings. The predicted octanol–water partition coefficient (Wildman–Crippen LogP) is 3.43. The topological polar surface area (TPSA) is 55.4 Å². The van der Waals surface area contributed by atoms with E-state index < -0.39 is 16.3 Å². The molecule has 23 heavy (non-hydrogen) atoms. The Balaban J connectivity index is 1.84. The van der Waals surface area contributed by atoms with Gasteiger partial charge in [0.25, 0.3) is 0 Å². The van der Waals surface area contributed by atoms with Crippen LogP contribution in [0.3, 0.4) is 0 Å². The van der Waals surface area contributed by atoms with Crippen LogP contribution in [0, 0.1) is 6.92 Å². The average Bonchev–Trinajstić information content (AvgIpc) is 2.82. The number of fused-ring (bicyclic) bond motifs is 1. The van der Waals surface area contributed by atoms with E-state index in [1.54, 1.807) is 36.0 Å². The maximum Gasteiger partial charge on any atom is 0.243 e. The summed E-state index contributed by atoms with van der Waals surface area (Å²) in [6.07, 6.45) is 1.19. The standard InChI is InChI=1S/C17H17NO3S2/c1-11-4-7-14(8-5-11)23(19,20)18-17-12(2)15-9-6-13(22-3)10-16(15)21-17/h4-10,17-18H,2H2,1,3H3. The molecule has 4 nitrogen and oxygen atoms in total. The second-order valence-corrected chi connectivity index (χ2v) is 7.91. The van der Waals surface area contributed by atoms with Crippen LogP contribution in [0.25, 0.3) is 5.57 Å². The molecule has 1 aliphatic heterocycles. The fourth-order valence-corrected chi connectivity index (χ4v) is 3.89. The van der Waals surface area contributed by atoms with E-state index in [-0.39, 0.29) is 4.90 Å². The molecule has 2 aromatic rings. The van der Waals surface area contributed by atoms with E-state index in [4.69, 9.17) is 4.74 Å². The molecule has 6 heteroatoms. The summed E-state index contributed by atoms with van der Waals surface area (Å²) in [5, 5.41) is 0. The van der Waals surface area contributed by atoms with Crippen molar-refractivity contribution in [2.75, 3.05) is 6.26 Å². The maximum absolute atomic E-state index is 12.5. The van der Waals surface area contributed by atoms with Gasteiger partial charge in [0.05, 0.1) is 4.90 Å². The van der Waals surface area contributed by atoms with Crippen LogP contribution in [0.2, 0.25) is 0 Å². The summed E-state index contributed by atoms with van der Waals surface area (Å²) in [4.78, 5) is 1.26. The Kier molecular flexibility index (Phi) is 4.23. The van der Waals surface area contributed by atoms with Crippen molar-refractivity contribution in [3.63, 3.8) is 0 Å². The Hall–Kier alpha value is -1.76. The van der Waals surface area contributed by atoms with E-state index in [2.05, 4.69) is 11.3 Å². The zero-order valence-electron chi connectivity index (χ0n) is 12.9. The Morgan fingerprint density at radius 1 is 1.17 bits per heavy atom. The third-order valence-electron chi connectivity index (χ3n) is 3.69. The van der Waals surface area contributed by atoms with Crippen molar-refractivity contribution >= 4 is 27.4 Å². The van der Waals surface area contributed by atoms with Crippen LogP contribution in [-0.4, -0.2) is 20.9 Å². The van der Waals surface area contributed by atoms with Gasteiger partial charge in [-0.05, 0) is 43.5 Å². The Morgan fingerprint density at radius 3 is 2.52 bits per heavy atom. The van der Waals surface area contributed by atoms with Gasteiger partial charge < -0.3 is 4.74 Å². The molecule has 0 aliphatic carbocycles. The van der Waals surface area contributed by atoms with Crippen molar-refractivity contribution in [2.24, 2.45) is 0 Å². The monoisotopic (exact) mass is 347 g/mol. The fraction of sp³-hybridized carbons (Fsp3) is 0.176. The smallest absolute Gasteiger partial charge is 0.243 e. The summed E-state index contributed by atoms with van der Waals surface area (Å²) in [5.41, 5.74) is 2.45. The second kappa shape index (κ2) is 6.03. The number of hydrogen-bond acceptors (Lipinski definition) is 4. The minimum atomic E-state index is -3.67. The van der Waals surface area contributed by atoms with E-state index in [0.29, 0.717) is 11.3 Å². The van der Waals surface area contributed by atoms with Gasteiger partial charge in [-0.25, -0.2) is 8.42 Å². The van der Waals surface area contributed by atoms with Crippen LogP contribution in [-0.2, 0) is 10.0 Å². The van der Waals surface area contributed by atoms with Crippen LogP contribution in [0.15, 0.2) is 58.8 Å². The molecule has 1 atom stereocenters. The molecule has 0 aromatic heterocycles. The molecule has 1 N–H and O–H groups in total. The number of rotatable bonds is 4. The van der Waals surface area contributed by atoms with Crippen LogP contribution in [0.4, 0.5) is 0 Å². The number of nitrogens with one attached hydrogen (secondary N) is 1. The lowest BCUT2D eigenvalue weighted by Gasteiger charge is -2.14. The Bertz CT molecular complexity index is 858. The highest BCUT2D eigenvalue weighted by molar-refractivity contribution is 7.98. The molecule has 0 bridgehead atoms. The normalized spacial score (nSPS) is 17.0. The zero-order valence-corrected chi connectivity index (χ0v) is 14.5. The molecular weight excluding hydrogens is 330 g/mol. The van der Waals surface area contributed by atoms with Crippen LogP contribution >= 0.6 is 11.8 Å². The Morgan fingerprint density at radius 2 is 1.87 bits per heavy atom. The highest BCUT2D eigenvalue weighted by Gasteiger charge is 2.31. The van der Waals surface area contributed by atoms with Crippen LogP contribution in [0.5, 0.6) is 5.75 Å². The summed E-state index contributed by atoms with van der Waals surface area (Å²) in [5.74, 6) is 0.651. The molecule has 0 radical (unpaired) electrons. The molecule has 1 unspecified atom stereocenters. The molecule has 120 valence electrons. The zero-order chi connectivity index (χ0) is 16.6. The van der Waals surface area contributed by atoms with Gasteiger partial charge in [0, 0.05) is 16.0 Å². The first-order chi connectivity index (χ1) is 10.9. The maximum atomic E-state index is 12.5. The molecule has 3 rings (SSSR count). The molecule has 0 saturated carbocycles. The van der Waals surface area contributed by atoms with Gasteiger partial charge in [-0.3, -0.25) is 0 Å². The highest BCUT2D eigenvalue weighted by Crippen LogP contribution is 2.38. The van der Waals surface area contributed by atoms with E-state index in [1.807, 2.05) is 31.4 Å². The summed E-state index contributed by atoms with van der Waals surface area (Å²) < 4.78 is 33.3. The molecule has 0 amide bonds. The number of ether oxygens (including phenoxy) is 1. The molecule has 1 aliphatic rings. The predicted molar refractivity (Wildman–Crippen MR) is 93.2 cm³/mol. The van der Waals surface area contributed by atoms with Gasteiger partial charge in [0.2, 0.25) is 10.0 Å². The van der Waals surface area contributed by atoms with E-state index in [0.717, 1.165) is 16.0 Å². The molecular formula is C17H17NO3S2. The van der Waals surface area contributed by atoms with Crippen molar-refractivity contribution in [2.45, 2.75) is 22.9 Å². The molecule has 1 heterocycles. The molecule has 0 saturated heterocycles. The first-order valence-corrected chi connectivity index (χ1v) is 9.74. The SMILES string of the molecule is C=C1c2ccc(SC)cc2OC1NS(=O)(=O)c1ccc(C)cc1. The lowest BCUT2D eigenvalue weighted by atomic mass is 10.1. The van der Waals surface area contributed by atoms with Gasteiger partial charge in [0.1, 0.15) is 5.75 Å². The quantitative estimate of drug-likeness (QED) is 0.861. The average molecular weight is 347 g/mol. The minimum Gasteiger partial charge on any atom is -0.469 e. The number of benzene rings is 2. The number of thioether (sulfide) groups is 1. The van der Waals surface area contributed by atoms with E-state index in [9.17, 15) is 8.42 Å². The summed E-state index contributed by atoms with van der Waals surface area (Å²) in [6.45, 7) is 5.87. The number of aryl methyl sites for hydroxylation is 1. The largest absolute Gasteiger partial charge is 0.469 e. The lowest BCUT2D eigenvalue weighted by molar-refractivity contribution is 0.264. The van der Waals surface area contributed by atoms with Gasteiger partial charge in [-0.2, -0.15) is 4.72 Å². The van der Waals surface area contributed by atoms with E-state index >= 15 is 0 Å². The molecule has 0 spiro atoms. The third-order valence-corrected chi connectivity index (χ3v) is 5.83. The summed E-state index contributed by atoms with van der Waals surface area (Å²) in [6, 6.07) is 12.4. The minimum absolute atomic E-state index is 0.209.